The average Bonchev–Trinajstić information content (AvgIpc) is 2.93. The van der Waals surface area contributed by atoms with E-state index in [2.05, 4.69) is 52.1 Å². The first kappa shape index (κ1) is 33.5. The van der Waals surface area contributed by atoms with Crippen LogP contribution in [-0.2, 0) is 22.0 Å². The van der Waals surface area contributed by atoms with Crippen molar-refractivity contribution < 1.29 is 28.9 Å². The van der Waals surface area contributed by atoms with Crippen LogP contribution in [0, 0.1) is 0 Å². The van der Waals surface area contributed by atoms with Crippen LogP contribution < -0.4 is 19.6 Å². The Morgan fingerprint density at radius 2 is 1.58 bits per heavy atom. The van der Waals surface area contributed by atoms with Crippen molar-refractivity contribution in [2.75, 3.05) is 13.7 Å². The number of benzene rings is 3. The number of ether oxygens (including phenoxy) is 3. The number of aryl methyl sites for hydroxylation is 1. The van der Waals surface area contributed by atoms with Gasteiger partial charge in [0.25, 0.3) is 0 Å². The monoisotopic (exact) mass is 608 g/mol. The summed E-state index contributed by atoms with van der Waals surface area (Å²) in [5.74, 6) is 0.413. The number of phenolic OH excluding ortho intramolecular Hbond substituents is 1. The fourth-order valence-electron chi connectivity index (χ4n) is 4.38. The molecule has 0 radical (unpaired) electrons. The second-order valence-electron chi connectivity index (χ2n) is 12.2. The van der Waals surface area contributed by atoms with Crippen LogP contribution in [-0.4, -0.2) is 36.9 Å². The van der Waals surface area contributed by atoms with Gasteiger partial charge in [0, 0.05) is 6.42 Å². The molecule has 3 aromatic rings. The summed E-state index contributed by atoms with van der Waals surface area (Å²) in [5.41, 5.74) is 5.60. The van der Waals surface area contributed by atoms with Gasteiger partial charge >= 0.3 is 5.97 Å². The number of esters is 1. The molecule has 0 spiro atoms. The molecule has 0 saturated carbocycles. The van der Waals surface area contributed by atoms with Gasteiger partial charge in [-0.3, -0.25) is 4.79 Å². The van der Waals surface area contributed by atoms with E-state index in [9.17, 15) is 14.7 Å². The SMILES string of the molecule is CCOc1cc(/C=N\NC(=O)CCc2cc(C(C)(C)C)c(O)c(C(C)(C)C)c2)cc(Cl)c1OC(=O)c1ccc(OC)cc1. The Balaban J connectivity index is 1.70. The lowest BCUT2D eigenvalue weighted by atomic mass is 9.78. The molecule has 3 rings (SSSR count). The maximum Gasteiger partial charge on any atom is 0.343 e. The number of nitrogens with zero attached hydrogens (tertiary/aromatic N) is 1. The van der Waals surface area contributed by atoms with Gasteiger partial charge in [-0.05, 0) is 82.8 Å². The molecule has 2 N–H and O–H groups in total. The van der Waals surface area contributed by atoms with Crippen LogP contribution in [0.25, 0.3) is 0 Å². The summed E-state index contributed by atoms with van der Waals surface area (Å²) in [7, 11) is 1.54. The van der Waals surface area contributed by atoms with Gasteiger partial charge in [0.1, 0.15) is 11.5 Å². The number of amides is 1. The van der Waals surface area contributed by atoms with E-state index in [4.69, 9.17) is 25.8 Å². The zero-order valence-electron chi connectivity index (χ0n) is 26.1. The van der Waals surface area contributed by atoms with Gasteiger partial charge in [0.05, 0.1) is 30.5 Å². The van der Waals surface area contributed by atoms with E-state index in [0.29, 0.717) is 35.7 Å². The first-order valence-corrected chi connectivity index (χ1v) is 14.5. The Morgan fingerprint density at radius 3 is 2.12 bits per heavy atom. The largest absolute Gasteiger partial charge is 0.507 e. The summed E-state index contributed by atoms with van der Waals surface area (Å²) in [6.07, 6.45) is 2.14. The van der Waals surface area contributed by atoms with E-state index in [1.54, 1.807) is 50.4 Å². The van der Waals surface area contributed by atoms with E-state index in [-0.39, 0.29) is 39.7 Å². The minimum atomic E-state index is -0.600. The van der Waals surface area contributed by atoms with Crippen molar-refractivity contribution in [1.29, 1.82) is 0 Å². The number of hydrazone groups is 1. The minimum Gasteiger partial charge on any atom is -0.507 e. The lowest BCUT2D eigenvalue weighted by Crippen LogP contribution is -2.20. The normalized spacial score (nSPS) is 11.8. The highest BCUT2D eigenvalue weighted by Gasteiger charge is 2.26. The number of aromatic hydroxyl groups is 1. The summed E-state index contributed by atoms with van der Waals surface area (Å²) in [6, 6.07) is 13.6. The van der Waals surface area contributed by atoms with Gasteiger partial charge in [-0.2, -0.15) is 5.10 Å². The smallest absolute Gasteiger partial charge is 0.343 e. The van der Waals surface area contributed by atoms with E-state index in [1.165, 1.54) is 6.21 Å². The molecule has 0 aliphatic carbocycles. The highest BCUT2D eigenvalue weighted by atomic mass is 35.5. The molecule has 9 heteroatoms. The first-order valence-electron chi connectivity index (χ1n) is 14.1. The number of halogens is 1. The Hall–Kier alpha value is -4.04. The van der Waals surface area contributed by atoms with E-state index >= 15 is 0 Å². The van der Waals surface area contributed by atoms with Crippen molar-refractivity contribution in [3.05, 3.63) is 81.4 Å². The van der Waals surface area contributed by atoms with Crippen molar-refractivity contribution in [3.8, 4) is 23.0 Å². The molecule has 0 aliphatic rings. The molecule has 0 bridgehead atoms. The van der Waals surface area contributed by atoms with Gasteiger partial charge in [-0.25, -0.2) is 10.2 Å². The molecule has 0 saturated heterocycles. The molecule has 0 aliphatic heterocycles. The number of carbonyl (C=O) groups is 2. The number of hydrogen-bond donors (Lipinski definition) is 2. The van der Waals surface area contributed by atoms with Crippen LogP contribution >= 0.6 is 11.6 Å². The summed E-state index contributed by atoms with van der Waals surface area (Å²) < 4.78 is 16.4. The topological polar surface area (TPSA) is 106 Å². The molecule has 0 unspecified atom stereocenters. The van der Waals surface area contributed by atoms with Gasteiger partial charge < -0.3 is 19.3 Å². The van der Waals surface area contributed by atoms with E-state index in [1.807, 2.05) is 12.1 Å². The Bertz CT molecular complexity index is 1450. The van der Waals surface area contributed by atoms with Crippen LogP contribution in [0.4, 0.5) is 0 Å². The molecule has 0 fully saturated rings. The van der Waals surface area contributed by atoms with Crippen LogP contribution in [0.2, 0.25) is 5.02 Å². The van der Waals surface area contributed by atoms with E-state index in [0.717, 1.165) is 16.7 Å². The summed E-state index contributed by atoms with van der Waals surface area (Å²) in [6.45, 7) is 14.4. The quantitative estimate of drug-likeness (QED) is 0.108. The third-order valence-electron chi connectivity index (χ3n) is 6.68. The Morgan fingerprint density at radius 1 is 0.977 bits per heavy atom. The lowest BCUT2D eigenvalue weighted by molar-refractivity contribution is -0.121. The van der Waals surface area contributed by atoms with Gasteiger partial charge in [-0.15, -0.1) is 0 Å². The maximum atomic E-state index is 12.7. The summed E-state index contributed by atoms with van der Waals surface area (Å²) >= 11 is 6.47. The predicted molar refractivity (Wildman–Crippen MR) is 170 cm³/mol. The number of carbonyl (C=O) groups excluding carboxylic acids is 2. The average molecular weight is 609 g/mol. The fraction of sp³-hybridized carbons (Fsp3) is 0.382. The standard InChI is InChI=1S/C34H41ClN2O6/c1-9-42-28-19-22(18-27(35)31(28)43-32(40)23-11-13-24(41-8)14-12-23)20-36-37-29(38)15-10-21-16-25(33(2,3)4)30(39)26(17-21)34(5,6)7/h11-14,16-20,39H,9-10,15H2,1-8H3,(H,37,38)/b36-20-. The molecular weight excluding hydrogens is 568 g/mol. The van der Waals surface area contributed by atoms with Crippen LogP contribution in [0.1, 0.15) is 87.5 Å². The van der Waals surface area contributed by atoms with Crippen LogP contribution in [0.15, 0.2) is 53.6 Å². The molecule has 0 atom stereocenters. The van der Waals surface area contributed by atoms with Crippen molar-refractivity contribution >= 4 is 29.7 Å². The number of rotatable bonds is 10. The number of methoxy groups -OCH3 is 1. The second-order valence-corrected chi connectivity index (χ2v) is 12.6. The number of hydrogen-bond acceptors (Lipinski definition) is 7. The molecule has 43 heavy (non-hydrogen) atoms. The van der Waals surface area contributed by atoms with Gasteiger partial charge in [0.2, 0.25) is 5.91 Å². The minimum absolute atomic E-state index is 0.0867. The highest BCUT2D eigenvalue weighted by molar-refractivity contribution is 6.32. The maximum absolute atomic E-state index is 12.7. The van der Waals surface area contributed by atoms with E-state index < -0.39 is 5.97 Å². The predicted octanol–water partition coefficient (Wildman–Crippen LogP) is 7.35. The molecule has 0 heterocycles. The zero-order valence-corrected chi connectivity index (χ0v) is 26.9. The highest BCUT2D eigenvalue weighted by Crippen LogP contribution is 2.40. The Kier molecular flexibility index (Phi) is 10.9. The van der Waals surface area contributed by atoms with Crippen molar-refractivity contribution in [2.45, 2.75) is 72.1 Å². The number of nitrogens with one attached hydrogen (secondary N) is 1. The third-order valence-corrected chi connectivity index (χ3v) is 6.96. The molecule has 0 aromatic heterocycles. The van der Waals surface area contributed by atoms with Crippen LogP contribution in [0.5, 0.6) is 23.0 Å². The zero-order chi connectivity index (χ0) is 31.9. The molecular formula is C34H41ClN2O6. The lowest BCUT2D eigenvalue weighted by Gasteiger charge is -2.28. The Labute approximate surface area is 259 Å². The van der Waals surface area contributed by atoms with Gasteiger partial charge in [-0.1, -0.05) is 65.3 Å². The molecule has 8 nitrogen and oxygen atoms in total. The summed E-state index contributed by atoms with van der Waals surface area (Å²) in [5, 5.41) is 15.2. The van der Waals surface area contributed by atoms with Crippen molar-refractivity contribution in [3.63, 3.8) is 0 Å². The molecule has 1 amide bonds. The van der Waals surface area contributed by atoms with Crippen molar-refractivity contribution in [2.24, 2.45) is 5.10 Å². The third kappa shape index (κ3) is 8.97. The second kappa shape index (κ2) is 14.0. The van der Waals surface area contributed by atoms with Gasteiger partial charge in [0.15, 0.2) is 11.5 Å². The molecule has 230 valence electrons. The fourth-order valence-corrected chi connectivity index (χ4v) is 4.64. The van der Waals surface area contributed by atoms with Crippen molar-refractivity contribution in [1.82, 2.24) is 5.43 Å². The number of phenols is 1. The first-order chi connectivity index (χ1) is 20.1. The van der Waals surface area contributed by atoms with Crippen LogP contribution in [0.3, 0.4) is 0 Å². The molecule has 3 aromatic carbocycles. The summed E-state index contributed by atoms with van der Waals surface area (Å²) in [4.78, 5) is 25.3.